The van der Waals surface area contributed by atoms with E-state index in [0.29, 0.717) is 12.8 Å². The van der Waals surface area contributed by atoms with E-state index in [2.05, 4.69) is 0 Å². The number of carbonyl (C=O) groups is 2. The van der Waals surface area contributed by atoms with Crippen molar-refractivity contribution in [2.75, 3.05) is 20.3 Å². The van der Waals surface area contributed by atoms with Crippen molar-refractivity contribution in [3.8, 4) is 0 Å². The van der Waals surface area contributed by atoms with Gasteiger partial charge in [0.15, 0.2) is 0 Å². The fraction of sp³-hybridized carbons (Fsp3) is 0.867. The summed E-state index contributed by atoms with van der Waals surface area (Å²) in [5.41, 5.74) is 0. The van der Waals surface area contributed by atoms with Crippen molar-refractivity contribution in [3.05, 3.63) is 0 Å². The van der Waals surface area contributed by atoms with Gasteiger partial charge >= 0.3 is 5.97 Å². The molecule has 0 bridgehead atoms. The Morgan fingerprint density at radius 1 is 1.15 bits per heavy atom. The lowest BCUT2D eigenvalue weighted by molar-refractivity contribution is -0.145. The Kier molecular flexibility index (Phi) is 5.83. The van der Waals surface area contributed by atoms with E-state index in [4.69, 9.17) is 9.47 Å². The van der Waals surface area contributed by atoms with Crippen LogP contribution in [0.2, 0.25) is 0 Å². The second kappa shape index (κ2) is 7.62. The summed E-state index contributed by atoms with van der Waals surface area (Å²) in [5.74, 6) is -0.103. The van der Waals surface area contributed by atoms with Gasteiger partial charge in [-0.05, 0) is 38.5 Å². The summed E-state index contributed by atoms with van der Waals surface area (Å²) >= 11 is 0. The summed E-state index contributed by atoms with van der Waals surface area (Å²) in [6.07, 6.45) is 7.04. The second-order valence-corrected chi connectivity index (χ2v) is 5.71. The largest absolute Gasteiger partial charge is 0.469 e. The predicted octanol–water partition coefficient (Wildman–Crippen LogP) is 1.89. The Balaban J connectivity index is 1.88. The first kappa shape index (κ1) is 15.3. The van der Waals surface area contributed by atoms with Crippen molar-refractivity contribution in [1.82, 2.24) is 4.90 Å². The molecule has 2 rings (SSSR count). The van der Waals surface area contributed by atoms with Crippen LogP contribution >= 0.6 is 0 Å². The SMILES string of the molecule is COC(=O)CC1CCCCN1C(=O)CC1CCCCO1. The molecule has 2 saturated heterocycles. The summed E-state index contributed by atoms with van der Waals surface area (Å²) in [6.45, 7) is 1.52. The van der Waals surface area contributed by atoms with E-state index < -0.39 is 0 Å². The molecule has 2 unspecified atom stereocenters. The Morgan fingerprint density at radius 2 is 1.95 bits per heavy atom. The number of nitrogens with zero attached hydrogens (tertiary/aromatic N) is 1. The van der Waals surface area contributed by atoms with Crippen LogP contribution in [0.5, 0.6) is 0 Å². The summed E-state index contributed by atoms with van der Waals surface area (Å²) in [6, 6.07) is 0.00675. The molecule has 1 amide bonds. The predicted molar refractivity (Wildman–Crippen MR) is 74.2 cm³/mol. The molecule has 0 aromatic rings. The molecule has 0 radical (unpaired) electrons. The summed E-state index contributed by atoms with van der Waals surface area (Å²) in [7, 11) is 1.40. The third-order valence-electron chi connectivity index (χ3n) is 4.25. The van der Waals surface area contributed by atoms with Crippen LogP contribution in [-0.4, -0.2) is 49.2 Å². The first-order chi connectivity index (χ1) is 9.70. The summed E-state index contributed by atoms with van der Waals surface area (Å²) < 4.78 is 10.4. The van der Waals surface area contributed by atoms with Gasteiger partial charge in [-0.25, -0.2) is 0 Å². The minimum atomic E-state index is -0.233. The molecule has 2 aliphatic rings. The van der Waals surface area contributed by atoms with E-state index in [1.165, 1.54) is 7.11 Å². The highest BCUT2D eigenvalue weighted by atomic mass is 16.5. The highest BCUT2D eigenvalue weighted by Gasteiger charge is 2.30. The van der Waals surface area contributed by atoms with Crippen molar-refractivity contribution in [3.63, 3.8) is 0 Å². The molecule has 2 aliphatic heterocycles. The van der Waals surface area contributed by atoms with Gasteiger partial charge in [0.2, 0.25) is 5.91 Å². The number of esters is 1. The standard InChI is InChI=1S/C15H25NO4/c1-19-15(18)10-12-6-2-4-8-16(12)14(17)11-13-7-3-5-9-20-13/h12-13H,2-11H2,1H3. The molecule has 5 nitrogen and oxygen atoms in total. The van der Waals surface area contributed by atoms with E-state index in [9.17, 15) is 9.59 Å². The monoisotopic (exact) mass is 283 g/mol. The van der Waals surface area contributed by atoms with Gasteiger partial charge in [-0.3, -0.25) is 9.59 Å². The quantitative estimate of drug-likeness (QED) is 0.739. The number of likely N-dealkylation sites (tertiary alicyclic amines) is 1. The normalized spacial score (nSPS) is 27.1. The van der Waals surface area contributed by atoms with E-state index in [0.717, 1.165) is 51.7 Å². The van der Waals surface area contributed by atoms with Crippen LogP contribution in [0.4, 0.5) is 0 Å². The van der Waals surface area contributed by atoms with Gasteiger partial charge in [-0.1, -0.05) is 0 Å². The maximum Gasteiger partial charge on any atom is 0.307 e. The van der Waals surface area contributed by atoms with E-state index >= 15 is 0 Å². The molecule has 0 saturated carbocycles. The van der Waals surface area contributed by atoms with Gasteiger partial charge in [0.1, 0.15) is 0 Å². The molecule has 0 aliphatic carbocycles. The van der Waals surface area contributed by atoms with Gasteiger partial charge in [-0.2, -0.15) is 0 Å². The van der Waals surface area contributed by atoms with E-state index in [1.807, 2.05) is 4.90 Å². The lowest BCUT2D eigenvalue weighted by Crippen LogP contribution is -2.46. The highest BCUT2D eigenvalue weighted by molar-refractivity contribution is 5.78. The molecular formula is C15H25NO4. The van der Waals surface area contributed by atoms with Crippen LogP contribution < -0.4 is 0 Å². The molecule has 0 N–H and O–H groups in total. The van der Waals surface area contributed by atoms with Crippen LogP contribution in [0, 0.1) is 0 Å². The third kappa shape index (κ3) is 4.20. The average Bonchev–Trinajstić information content (AvgIpc) is 2.48. The summed E-state index contributed by atoms with van der Waals surface area (Å²) in [4.78, 5) is 25.8. The van der Waals surface area contributed by atoms with Crippen LogP contribution in [0.1, 0.15) is 51.4 Å². The Labute approximate surface area is 120 Å². The van der Waals surface area contributed by atoms with Crippen LogP contribution in [0.15, 0.2) is 0 Å². The van der Waals surface area contributed by atoms with E-state index in [-0.39, 0.29) is 24.0 Å². The maximum atomic E-state index is 12.4. The zero-order valence-corrected chi connectivity index (χ0v) is 12.3. The number of piperidine rings is 1. The maximum absolute atomic E-state index is 12.4. The zero-order chi connectivity index (χ0) is 14.4. The van der Waals surface area contributed by atoms with Crippen molar-refractivity contribution in [2.24, 2.45) is 0 Å². The van der Waals surface area contributed by atoms with Crippen molar-refractivity contribution >= 4 is 11.9 Å². The van der Waals surface area contributed by atoms with Crippen molar-refractivity contribution < 1.29 is 19.1 Å². The molecule has 2 heterocycles. The second-order valence-electron chi connectivity index (χ2n) is 5.71. The van der Waals surface area contributed by atoms with Gasteiger partial charge in [0.05, 0.1) is 26.1 Å². The first-order valence-electron chi connectivity index (χ1n) is 7.68. The minimum Gasteiger partial charge on any atom is -0.469 e. The first-order valence-corrected chi connectivity index (χ1v) is 7.68. The fourth-order valence-electron chi connectivity index (χ4n) is 3.10. The number of carbonyl (C=O) groups excluding carboxylic acids is 2. The van der Waals surface area contributed by atoms with Crippen LogP contribution in [0.25, 0.3) is 0 Å². The molecule has 20 heavy (non-hydrogen) atoms. The molecule has 5 heteroatoms. The number of amides is 1. The molecular weight excluding hydrogens is 258 g/mol. The number of methoxy groups -OCH3 is 1. The number of ether oxygens (including phenoxy) is 2. The average molecular weight is 283 g/mol. The Hall–Kier alpha value is -1.10. The lowest BCUT2D eigenvalue weighted by Gasteiger charge is -2.36. The Morgan fingerprint density at radius 3 is 2.65 bits per heavy atom. The molecule has 114 valence electrons. The topological polar surface area (TPSA) is 55.8 Å². The minimum absolute atomic E-state index is 0.00675. The zero-order valence-electron chi connectivity index (χ0n) is 12.3. The van der Waals surface area contributed by atoms with Crippen LogP contribution in [-0.2, 0) is 19.1 Å². The highest BCUT2D eigenvalue weighted by Crippen LogP contribution is 2.23. The Bertz CT molecular complexity index is 339. The number of rotatable bonds is 4. The smallest absolute Gasteiger partial charge is 0.307 e. The fourth-order valence-corrected chi connectivity index (χ4v) is 3.10. The van der Waals surface area contributed by atoms with Crippen LogP contribution in [0.3, 0.4) is 0 Å². The summed E-state index contributed by atoms with van der Waals surface area (Å²) in [5, 5.41) is 0. The van der Waals surface area contributed by atoms with Gasteiger partial charge in [0, 0.05) is 19.2 Å². The van der Waals surface area contributed by atoms with Gasteiger partial charge in [0.25, 0.3) is 0 Å². The van der Waals surface area contributed by atoms with Gasteiger partial charge in [-0.15, -0.1) is 0 Å². The lowest BCUT2D eigenvalue weighted by atomic mass is 9.97. The van der Waals surface area contributed by atoms with E-state index in [1.54, 1.807) is 0 Å². The van der Waals surface area contributed by atoms with Crippen molar-refractivity contribution in [2.45, 2.75) is 63.5 Å². The van der Waals surface area contributed by atoms with Gasteiger partial charge < -0.3 is 14.4 Å². The van der Waals surface area contributed by atoms with Crippen molar-refractivity contribution in [1.29, 1.82) is 0 Å². The number of hydrogen-bond donors (Lipinski definition) is 0. The molecule has 0 aromatic heterocycles. The molecule has 2 atom stereocenters. The molecule has 2 fully saturated rings. The molecule has 0 aromatic carbocycles. The number of hydrogen-bond acceptors (Lipinski definition) is 4. The third-order valence-corrected chi connectivity index (χ3v) is 4.25. The molecule has 0 spiro atoms.